The zero-order valence-corrected chi connectivity index (χ0v) is 17.3. The molecule has 1 aliphatic heterocycles. The zero-order chi connectivity index (χ0) is 22.2. The molecule has 30 heavy (non-hydrogen) atoms. The zero-order valence-electron chi connectivity index (χ0n) is 16.5. The van der Waals surface area contributed by atoms with Crippen molar-refractivity contribution in [3.63, 3.8) is 0 Å². The van der Waals surface area contributed by atoms with Crippen molar-refractivity contribution in [1.82, 2.24) is 9.80 Å². The number of primary sulfonamides is 1. The maximum Gasteiger partial charge on any atom is 0.411 e. The van der Waals surface area contributed by atoms with E-state index in [1.165, 1.54) is 24.3 Å². The molecule has 1 amide bonds. The van der Waals surface area contributed by atoms with Gasteiger partial charge in [-0.05, 0) is 30.7 Å². The number of benzene rings is 1. The van der Waals surface area contributed by atoms with Crippen LogP contribution in [0.15, 0.2) is 29.2 Å². The van der Waals surface area contributed by atoms with E-state index in [0.29, 0.717) is 31.6 Å². The lowest BCUT2D eigenvalue weighted by Gasteiger charge is -2.34. The molecule has 1 fully saturated rings. The Labute approximate surface area is 174 Å². The van der Waals surface area contributed by atoms with E-state index in [0.717, 1.165) is 26.2 Å². The molecule has 0 unspecified atom stereocenters. The normalized spacial score (nSPS) is 16.5. The Morgan fingerprint density at radius 2 is 1.63 bits per heavy atom. The van der Waals surface area contributed by atoms with Gasteiger partial charge < -0.3 is 19.9 Å². The fraction of sp³-hybridized carbons (Fsp3) is 0.611. The van der Waals surface area contributed by atoms with Gasteiger partial charge in [-0.2, -0.15) is 13.2 Å². The Morgan fingerprint density at radius 3 is 2.17 bits per heavy atom. The van der Waals surface area contributed by atoms with Crippen LogP contribution in [-0.4, -0.2) is 82.8 Å². The average Bonchev–Trinajstić information content (AvgIpc) is 2.66. The van der Waals surface area contributed by atoms with Crippen LogP contribution in [0.5, 0.6) is 0 Å². The fourth-order valence-electron chi connectivity index (χ4n) is 3.03. The van der Waals surface area contributed by atoms with Gasteiger partial charge in [0.1, 0.15) is 6.61 Å². The van der Waals surface area contributed by atoms with Crippen LogP contribution in [0.3, 0.4) is 0 Å². The molecule has 2 rings (SSSR count). The van der Waals surface area contributed by atoms with Gasteiger partial charge in [-0.1, -0.05) is 0 Å². The number of alkyl halides is 3. The molecule has 0 bridgehead atoms. The third-order valence-electron chi connectivity index (χ3n) is 4.62. The van der Waals surface area contributed by atoms with Crippen LogP contribution in [0.1, 0.15) is 12.8 Å². The number of nitrogens with zero attached hydrogens (tertiary/aromatic N) is 2. The van der Waals surface area contributed by atoms with Gasteiger partial charge in [-0.15, -0.1) is 0 Å². The number of hydrogen-bond donors (Lipinski definition) is 2. The summed E-state index contributed by atoms with van der Waals surface area (Å²) >= 11 is 0. The molecule has 1 heterocycles. The number of carbonyl (C=O) groups excluding carboxylic acids is 1. The summed E-state index contributed by atoms with van der Waals surface area (Å²) < 4.78 is 63.0. The molecule has 1 saturated heterocycles. The van der Waals surface area contributed by atoms with Crippen molar-refractivity contribution < 1.29 is 31.1 Å². The van der Waals surface area contributed by atoms with Crippen LogP contribution in [-0.2, 0) is 19.6 Å². The molecule has 170 valence electrons. The summed E-state index contributed by atoms with van der Waals surface area (Å²) in [5.41, 5.74) is 0.491. The van der Waals surface area contributed by atoms with E-state index in [1.54, 1.807) is 0 Å². The first kappa shape index (κ1) is 24.5. The molecule has 8 nitrogen and oxygen atoms in total. The minimum Gasteiger partial charge on any atom is -0.372 e. The lowest BCUT2D eigenvalue weighted by molar-refractivity contribution is -0.174. The summed E-state index contributed by atoms with van der Waals surface area (Å²) in [4.78, 5) is 16.4. The third-order valence-corrected chi connectivity index (χ3v) is 5.54. The molecular formula is C18H27F3N4O4S. The van der Waals surface area contributed by atoms with E-state index >= 15 is 0 Å². The number of nitrogens with one attached hydrogen (secondary N) is 1. The van der Waals surface area contributed by atoms with Gasteiger partial charge in [0.2, 0.25) is 15.9 Å². The second-order valence-corrected chi connectivity index (χ2v) is 8.63. The lowest BCUT2D eigenvalue weighted by atomic mass is 10.2. The van der Waals surface area contributed by atoms with Gasteiger partial charge in [0.05, 0.1) is 4.90 Å². The molecule has 1 aromatic carbocycles. The minimum atomic E-state index is -4.29. The van der Waals surface area contributed by atoms with Crippen molar-refractivity contribution in [2.75, 3.05) is 57.8 Å². The maximum absolute atomic E-state index is 12.1. The quantitative estimate of drug-likeness (QED) is 0.518. The number of nitrogens with two attached hydrogens (primary N) is 1. The molecule has 0 aliphatic carbocycles. The third kappa shape index (κ3) is 9.39. The minimum absolute atomic E-state index is 0.0229. The van der Waals surface area contributed by atoms with E-state index in [2.05, 4.69) is 19.9 Å². The van der Waals surface area contributed by atoms with Gasteiger partial charge >= 0.3 is 6.18 Å². The molecule has 0 spiro atoms. The van der Waals surface area contributed by atoms with Crippen LogP contribution in [0.2, 0.25) is 0 Å². The Kier molecular flexibility index (Phi) is 9.04. The number of amides is 1. The lowest BCUT2D eigenvalue weighted by Crippen LogP contribution is -2.47. The molecule has 0 saturated carbocycles. The number of hydrogen-bond acceptors (Lipinski definition) is 6. The SMILES string of the molecule is NS(=O)(=O)c1ccc(NC(=O)CCN2CCN(CCCOCC(F)(F)F)CC2)cc1. The van der Waals surface area contributed by atoms with Crippen molar-refractivity contribution in [3.05, 3.63) is 24.3 Å². The average molecular weight is 452 g/mol. The van der Waals surface area contributed by atoms with Crippen molar-refractivity contribution >= 4 is 21.6 Å². The van der Waals surface area contributed by atoms with E-state index in [4.69, 9.17) is 5.14 Å². The molecule has 1 aliphatic rings. The molecule has 0 radical (unpaired) electrons. The van der Waals surface area contributed by atoms with E-state index in [9.17, 15) is 26.4 Å². The summed E-state index contributed by atoms with van der Waals surface area (Å²) in [5, 5.41) is 7.75. The van der Waals surface area contributed by atoms with Crippen LogP contribution >= 0.6 is 0 Å². The summed E-state index contributed by atoms with van der Waals surface area (Å²) in [6.07, 6.45) is -3.45. The van der Waals surface area contributed by atoms with Gasteiger partial charge in [0.25, 0.3) is 0 Å². The molecule has 3 N–H and O–H groups in total. The number of carbonyl (C=O) groups is 1. The van der Waals surface area contributed by atoms with Crippen LogP contribution < -0.4 is 10.5 Å². The first-order chi connectivity index (χ1) is 14.0. The van der Waals surface area contributed by atoms with Gasteiger partial charge in [-0.25, -0.2) is 13.6 Å². The highest BCUT2D eigenvalue weighted by molar-refractivity contribution is 7.89. The summed E-state index contributed by atoms with van der Waals surface area (Å²) in [7, 11) is -3.77. The van der Waals surface area contributed by atoms with Gasteiger partial charge in [0.15, 0.2) is 0 Å². The summed E-state index contributed by atoms with van der Waals surface area (Å²) in [6.45, 7) is 3.27. The number of rotatable bonds is 10. The second kappa shape index (κ2) is 11.0. The molecular weight excluding hydrogens is 425 g/mol. The molecule has 1 aromatic rings. The van der Waals surface area contributed by atoms with Crippen LogP contribution in [0.4, 0.5) is 18.9 Å². The molecule has 12 heteroatoms. The second-order valence-electron chi connectivity index (χ2n) is 7.07. The first-order valence-corrected chi connectivity index (χ1v) is 11.1. The van der Waals surface area contributed by atoms with E-state index in [-0.39, 0.29) is 17.4 Å². The predicted octanol–water partition coefficient (Wildman–Crippen LogP) is 1.25. The van der Waals surface area contributed by atoms with E-state index < -0.39 is 22.8 Å². The highest BCUT2D eigenvalue weighted by Crippen LogP contribution is 2.15. The first-order valence-electron chi connectivity index (χ1n) is 9.55. The Hall–Kier alpha value is -1.73. The predicted molar refractivity (Wildman–Crippen MR) is 105 cm³/mol. The summed E-state index contributed by atoms with van der Waals surface area (Å²) in [6, 6.07) is 5.63. The van der Waals surface area contributed by atoms with Gasteiger partial charge in [0, 0.05) is 58.0 Å². The van der Waals surface area contributed by atoms with Crippen molar-refractivity contribution in [2.45, 2.75) is 23.9 Å². The molecule has 0 atom stereocenters. The fourth-order valence-corrected chi connectivity index (χ4v) is 3.54. The Morgan fingerprint density at radius 1 is 1.07 bits per heavy atom. The highest BCUT2D eigenvalue weighted by Gasteiger charge is 2.27. The van der Waals surface area contributed by atoms with Crippen molar-refractivity contribution in [1.29, 1.82) is 0 Å². The van der Waals surface area contributed by atoms with Crippen molar-refractivity contribution in [3.8, 4) is 0 Å². The number of piperazine rings is 1. The standard InChI is InChI=1S/C18H27F3N4O4S/c19-18(20,21)14-29-13-1-7-24-9-11-25(12-10-24)8-6-17(26)23-15-2-4-16(5-3-15)30(22,27)28/h2-5H,1,6-14H2,(H,23,26)(H2,22,27,28). The number of halogens is 3. The summed E-state index contributed by atoms with van der Waals surface area (Å²) in [5.74, 6) is -0.178. The van der Waals surface area contributed by atoms with Crippen LogP contribution in [0.25, 0.3) is 0 Å². The monoisotopic (exact) mass is 452 g/mol. The molecule has 0 aromatic heterocycles. The Bertz CT molecular complexity index is 780. The largest absolute Gasteiger partial charge is 0.411 e. The van der Waals surface area contributed by atoms with Gasteiger partial charge in [-0.3, -0.25) is 4.79 Å². The maximum atomic E-state index is 12.1. The highest BCUT2D eigenvalue weighted by atomic mass is 32.2. The number of sulfonamides is 1. The number of ether oxygens (including phenoxy) is 1. The smallest absolute Gasteiger partial charge is 0.372 e. The van der Waals surface area contributed by atoms with Crippen LogP contribution in [0, 0.1) is 0 Å². The number of anilines is 1. The van der Waals surface area contributed by atoms with E-state index in [1.807, 2.05) is 0 Å². The van der Waals surface area contributed by atoms with Crippen molar-refractivity contribution in [2.24, 2.45) is 5.14 Å². The topological polar surface area (TPSA) is 105 Å². The Balaban J connectivity index is 1.59.